The summed E-state index contributed by atoms with van der Waals surface area (Å²) in [4.78, 5) is 10.6. The minimum atomic E-state index is -0.377. The van der Waals surface area contributed by atoms with Crippen LogP contribution in [0.25, 0.3) is 5.69 Å². The van der Waals surface area contributed by atoms with Crippen LogP contribution in [0.3, 0.4) is 0 Å². The Morgan fingerprint density at radius 3 is 2.58 bits per heavy atom. The van der Waals surface area contributed by atoms with Crippen LogP contribution < -0.4 is 0 Å². The summed E-state index contributed by atoms with van der Waals surface area (Å²) >= 11 is 1.53. The van der Waals surface area contributed by atoms with Gasteiger partial charge in [0.1, 0.15) is 5.82 Å². The minimum absolute atomic E-state index is 0.0102. The molecule has 0 N–H and O–H groups in total. The Labute approximate surface area is 143 Å². The molecule has 7 heteroatoms. The monoisotopic (exact) mass is 340 g/mol. The number of para-hydroxylation sites is 1. The Kier molecular flexibility index (Phi) is 4.61. The molecule has 1 aromatic heterocycles. The van der Waals surface area contributed by atoms with E-state index in [9.17, 15) is 10.1 Å². The Bertz CT molecular complexity index is 864. The first kappa shape index (κ1) is 16.2. The van der Waals surface area contributed by atoms with E-state index < -0.39 is 0 Å². The summed E-state index contributed by atoms with van der Waals surface area (Å²) in [6.45, 7) is 3.91. The highest BCUT2D eigenvalue weighted by molar-refractivity contribution is 7.99. The van der Waals surface area contributed by atoms with E-state index in [0.29, 0.717) is 0 Å². The van der Waals surface area contributed by atoms with Gasteiger partial charge in [-0.3, -0.25) is 14.7 Å². The van der Waals surface area contributed by atoms with Crippen LogP contribution in [-0.2, 0) is 0 Å². The maximum atomic E-state index is 10.9. The van der Waals surface area contributed by atoms with E-state index in [1.165, 1.54) is 17.8 Å². The fourth-order valence-corrected chi connectivity index (χ4v) is 3.44. The van der Waals surface area contributed by atoms with Gasteiger partial charge in [-0.25, -0.2) is 0 Å². The second-order valence-corrected chi connectivity index (χ2v) is 6.62. The van der Waals surface area contributed by atoms with E-state index in [-0.39, 0.29) is 15.9 Å². The fourth-order valence-electron chi connectivity index (χ4n) is 2.41. The van der Waals surface area contributed by atoms with Gasteiger partial charge in [0.05, 0.1) is 4.92 Å². The maximum absolute atomic E-state index is 10.9. The molecule has 1 heterocycles. The average Bonchev–Trinajstić information content (AvgIpc) is 2.96. The number of nitro groups is 1. The lowest BCUT2D eigenvalue weighted by Crippen LogP contribution is -2.00. The van der Waals surface area contributed by atoms with E-state index in [1.54, 1.807) is 12.1 Å². The van der Waals surface area contributed by atoms with Crippen molar-refractivity contribution in [3.8, 4) is 5.69 Å². The molecule has 0 spiro atoms. The smallest absolute Gasteiger partial charge is 0.269 e. The van der Waals surface area contributed by atoms with Crippen molar-refractivity contribution in [2.45, 2.75) is 24.3 Å². The molecule has 3 aromatic rings. The molecule has 122 valence electrons. The molecule has 0 fully saturated rings. The third-order valence-electron chi connectivity index (χ3n) is 3.64. The Morgan fingerprint density at radius 2 is 1.88 bits per heavy atom. The number of thioether (sulfide) groups is 1. The third kappa shape index (κ3) is 3.30. The van der Waals surface area contributed by atoms with Gasteiger partial charge in [-0.15, -0.1) is 10.2 Å². The summed E-state index contributed by atoms with van der Waals surface area (Å²) in [6.07, 6.45) is 0. The molecule has 0 radical (unpaired) electrons. The van der Waals surface area contributed by atoms with Gasteiger partial charge < -0.3 is 0 Å². The molecule has 0 aliphatic rings. The first-order valence-electron chi connectivity index (χ1n) is 7.44. The Balaban J connectivity index is 1.89. The molecule has 0 saturated heterocycles. The summed E-state index contributed by atoms with van der Waals surface area (Å²) in [6, 6.07) is 16.6. The minimum Gasteiger partial charge on any atom is -0.274 e. The van der Waals surface area contributed by atoms with E-state index in [4.69, 9.17) is 0 Å². The first-order chi connectivity index (χ1) is 11.6. The second-order valence-electron chi connectivity index (χ2n) is 5.31. The standard InChI is InChI=1S/C17H16N4O2S/c1-12(14-7-6-10-16(11-14)21(22)23)24-17-19-18-13(2)20(17)15-8-4-3-5-9-15/h3-12H,1-2H3/t12-/m0/s1. The molecular formula is C17H16N4O2S. The van der Waals surface area contributed by atoms with Crippen molar-refractivity contribution in [1.82, 2.24) is 14.8 Å². The van der Waals surface area contributed by atoms with E-state index >= 15 is 0 Å². The Morgan fingerprint density at radius 1 is 1.12 bits per heavy atom. The summed E-state index contributed by atoms with van der Waals surface area (Å²) in [5, 5.41) is 20.1. The fraction of sp³-hybridized carbons (Fsp3) is 0.176. The molecule has 6 nitrogen and oxygen atoms in total. The van der Waals surface area contributed by atoms with Gasteiger partial charge in [-0.2, -0.15) is 0 Å². The van der Waals surface area contributed by atoms with Gasteiger partial charge in [0.15, 0.2) is 5.16 Å². The highest BCUT2D eigenvalue weighted by Gasteiger charge is 2.17. The van der Waals surface area contributed by atoms with Crippen LogP contribution in [-0.4, -0.2) is 19.7 Å². The van der Waals surface area contributed by atoms with Gasteiger partial charge in [-0.05, 0) is 31.5 Å². The summed E-state index contributed by atoms with van der Waals surface area (Å²) in [5.74, 6) is 0.801. The zero-order valence-electron chi connectivity index (χ0n) is 13.3. The van der Waals surface area contributed by atoms with Crippen molar-refractivity contribution in [3.63, 3.8) is 0 Å². The highest BCUT2D eigenvalue weighted by Crippen LogP contribution is 2.36. The molecule has 0 saturated carbocycles. The maximum Gasteiger partial charge on any atom is 0.269 e. The predicted molar refractivity (Wildman–Crippen MR) is 93.5 cm³/mol. The van der Waals surface area contributed by atoms with Crippen molar-refractivity contribution in [1.29, 1.82) is 0 Å². The molecule has 1 atom stereocenters. The van der Waals surface area contributed by atoms with Crippen molar-refractivity contribution in [3.05, 3.63) is 76.1 Å². The van der Waals surface area contributed by atoms with Crippen LogP contribution in [0.15, 0.2) is 59.8 Å². The highest BCUT2D eigenvalue weighted by atomic mass is 32.2. The van der Waals surface area contributed by atoms with Crippen LogP contribution in [0.1, 0.15) is 23.6 Å². The number of benzene rings is 2. The lowest BCUT2D eigenvalue weighted by Gasteiger charge is -2.13. The van der Waals surface area contributed by atoms with Crippen LogP contribution in [0.5, 0.6) is 0 Å². The number of non-ortho nitro benzene ring substituents is 1. The molecule has 0 bridgehead atoms. The number of rotatable bonds is 5. The predicted octanol–water partition coefficient (Wildman–Crippen LogP) is 4.34. The lowest BCUT2D eigenvalue weighted by atomic mass is 10.1. The Hall–Kier alpha value is -2.67. The third-order valence-corrected chi connectivity index (χ3v) is 4.74. The molecule has 0 aliphatic carbocycles. The van der Waals surface area contributed by atoms with Gasteiger partial charge in [0.2, 0.25) is 0 Å². The van der Waals surface area contributed by atoms with Crippen LogP contribution >= 0.6 is 11.8 Å². The molecule has 3 rings (SSSR count). The topological polar surface area (TPSA) is 73.8 Å². The summed E-state index contributed by atoms with van der Waals surface area (Å²) < 4.78 is 1.98. The van der Waals surface area contributed by atoms with Crippen LogP contribution in [0, 0.1) is 17.0 Å². The molecule has 0 aliphatic heterocycles. The first-order valence-corrected chi connectivity index (χ1v) is 8.32. The van der Waals surface area contributed by atoms with Gasteiger partial charge in [0, 0.05) is 23.1 Å². The molecule has 2 aromatic carbocycles. The average molecular weight is 340 g/mol. The molecular weight excluding hydrogens is 324 g/mol. The number of nitro benzene ring substituents is 1. The van der Waals surface area contributed by atoms with Gasteiger partial charge in [0.25, 0.3) is 5.69 Å². The van der Waals surface area contributed by atoms with Crippen molar-refractivity contribution < 1.29 is 4.92 Å². The summed E-state index contributed by atoms with van der Waals surface area (Å²) in [5.41, 5.74) is 1.98. The van der Waals surface area contributed by atoms with Crippen molar-refractivity contribution in [2.75, 3.05) is 0 Å². The van der Waals surface area contributed by atoms with E-state index in [2.05, 4.69) is 10.2 Å². The zero-order chi connectivity index (χ0) is 17.1. The van der Waals surface area contributed by atoms with Crippen LogP contribution in [0.2, 0.25) is 0 Å². The molecule has 0 amide bonds. The summed E-state index contributed by atoms with van der Waals surface area (Å²) in [7, 11) is 0. The largest absolute Gasteiger partial charge is 0.274 e. The number of aryl methyl sites for hydroxylation is 1. The second kappa shape index (κ2) is 6.84. The van der Waals surface area contributed by atoms with E-state index in [1.807, 2.05) is 54.8 Å². The van der Waals surface area contributed by atoms with Crippen molar-refractivity contribution >= 4 is 17.4 Å². The SMILES string of the molecule is Cc1nnc(S[C@@H](C)c2cccc([N+](=O)[O-])c2)n1-c1ccccc1. The number of hydrogen-bond donors (Lipinski definition) is 0. The number of hydrogen-bond acceptors (Lipinski definition) is 5. The normalized spacial score (nSPS) is 12.1. The molecule has 24 heavy (non-hydrogen) atoms. The zero-order valence-corrected chi connectivity index (χ0v) is 14.1. The quantitative estimate of drug-likeness (QED) is 0.392. The van der Waals surface area contributed by atoms with Crippen LogP contribution in [0.4, 0.5) is 5.69 Å². The molecule has 0 unspecified atom stereocenters. The van der Waals surface area contributed by atoms with Gasteiger partial charge >= 0.3 is 0 Å². The number of nitrogens with zero attached hydrogens (tertiary/aromatic N) is 4. The van der Waals surface area contributed by atoms with E-state index in [0.717, 1.165) is 22.2 Å². The van der Waals surface area contributed by atoms with Crippen molar-refractivity contribution in [2.24, 2.45) is 0 Å². The lowest BCUT2D eigenvalue weighted by molar-refractivity contribution is -0.384. The number of aromatic nitrogens is 3. The van der Waals surface area contributed by atoms with Gasteiger partial charge in [-0.1, -0.05) is 42.1 Å².